The van der Waals surface area contributed by atoms with Crippen LogP contribution in [0.5, 0.6) is 0 Å². The number of furan rings is 1. The highest BCUT2D eigenvalue weighted by Gasteiger charge is 2.27. The second kappa shape index (κ2) is 4.81. The largest absolute Gasteiger partial charge is 0.468 e. The lowest BCUT2D eigenvalue weighted by molar-refractivity contribution is 0.0414. The van der Waals surface area contributed by atoms with Crippen molar-refractivity contribution in [3.05, 3.63) is 24.2 Å². The van der Waals surface area contributed by atoms with Crippen LogP contribution in [0.3, 0.4) is 0 Å². The molecule has 0 spiro atoms. The molecule has 1 fully saturated rings. The summed E-state index contributed by atoms with van der Waals surface area (Å²) in [7, 11) is 0. The Kier molecular flexibility index (Phi) is 3.44. The predicted octanol–water partition coefficient (Wildman–Crippen LogP) is 2.09. The van der Waals surface area contributed by atoms with Gasteiger partial charge in [-0.2, -0.15) is 0 Å². The summed E-state index contributed by atoms with van der Waals surface area (Å²) in [6, 6.07) is 4.25. The Morgan fingerprint density at radius 1 is 1.60 bits per heavy atom. The Labute approximate surface area is 90.5 Å². The van der Waals surface area contributed by atoms with Crippen molar-refractivity contribution in [3.8, 4) is 0 Å². The molecule has 1 unspecified atom stereocenters. The molecule has 1 aromatic rings. The fourth-order valence-electron chi connectivity index (χ4n) is 2.11. The van der Waals surface area contributed by atoms with Gasteiger partial charge in [0.05, 0.1) is 18.4 Å². The molecule has 0 radical (unpaired) electrons. The van der Waals surface area contributed by atoms with E-state index < -0.39 is 0 Å². The highest BCUT2D eigenvalue weighted by Crippen LogP contribution is 2.27. The number of nitrogens with one attached hydrogen (secondary N) is 1. The first-order valence-corrected chi connectivity index (χ1v) is 5.74. The first kappa shape index (κ1) is 10.7. The van der Waals surface area contributed by atoms with E-state index in [-0.39, 0.29) is 6.10 Å². The Morgan fingerprint density at radius 2 is 2.40 bits per heavy atom. The molecule has 0 amide bonds. The maximum atomic E-state index is 9.18. The summed E-state index contributed by atoms with van der Waals surface area (Å²) in [5.41, 5.74) is 0. The Bertz CT molecular complexity index is 278. The summed E-state index contributed by atoms with van der Waals surface area (Å²) in [6.45, 7) is 3.13. The van der Waals surface area contributed by atoms with Crippen LogP contribution in [-0.4, -0.2) is 17.8 Å². The van der Waals surface area contributed by atoms with Crippen molar-refractivity contribution in [2.75, 3.05) is 6.54 Å². The van der Waals surface area contributed by atoms with Crippen molar-refractivity contribution in [1.29, 1.82) is 0 Å². The lowest BCUT2D eigenvalue weighted by Crippen LogP contribution is -2.37. The van der Waals surface area contributed by atoms with Crippen LogP contribution in [0.15, 0.2) is 22.8 Å². The van der Waals surface area contributed by atoms with Crippen molar-refractivity contribution in [2.45, 2.75) is 38.3 Å². The minimum Gasteiger partial charge on any atom is -0.468 e. The molecule has 3 heteroatoms. The molecule has 84 valence electrons. The fourth-order valence-corrected chi connectivity index (χ4v) is 2.11. The van der Waals surface area contributed by atoms with Crippen LogP contribution in [0.4, 0.5) is 0 Å². The molecule has 2 N–H and O–H groups in total. The molecular formula is C12H19NO2. The van der Waals surface area contributed by atoms with Crippen molar-refractivity contribution in [2.24, 2.45) is 5.92 Å². The minimum absolute atomic E-state index is 0.0551. The van der Waals surface area contributed by atoms with E-state index in [0.717, 1.165) is 31.6 Å². The van der Waals surface area contributed by atoms with Gasteiger partial charge in [-0.15, -0.1) is 0 Å². The van der Waals surface area contributed by atoms with Crippen LogP contribution >= 0.6 is 0 Å². The van der Waals surface area contributed by atoms with E-state index >= 15 is 0 Å². The van der Waals surface area contributed by atoms with Crippen molar-refractivity contribution >= 4 is 0 Å². The van der Waals surface area contributed by atoms with Crippen LogP contribution in [0.2, 0.25) is 0 Å². The topological polar surface area (TPSA) is 45.4 Å². The van der Waals surface area contributed by atoms with E-state index in [9.17, 15) is 5.11 Å². The maximum absolute atomic E-state index is 9.18. The smallest absolute Gasteiger partial charge is 0.120 e. The molecule has 1 saturated carbocycles. The number of hydrogen-bond donors (Lipinski definition) is 2. The van der Waals surface area contributed by atoms with Gasteiger partial charge in [0.1, 0.15) is 5.76 Å². The predicted molar refractivity (Wildman–Crippen MR) is 58.5 cm³/mol. The third-order valence-electron chi connectivity index (χ3n) is 3.16. The molecule has 3 nitrogen and oxygen atoms in total. The molecule has 1 heterocycles. The minimum atomic E-state index is -0.0551. The quantitative estimate of drug-likeness (QED) is 0.780. The zero-order chi connectivity index (χ0) is 10.7. The first-order valence-electron chi connectivity index (χ1n) is 5.74. The second-order valence-corrected chi connectivity index (χ2v) is 4.38. The molecule has 1 atom stereocenters. The monoisotopic (exact) mass is 209 g/mol. The van der Waals surface area contributed by atoms with Crippen LogP contribution in [0.25, 0.3) is 0 Å². The van der Waals surface area contributed by atoms with E-state index in [1.54, 1.807) is 6.26 Å². The van der Waals surface area contributed by atoms with E-state index in [0.29, 0.717) is 12.0 Å². The zero-order valence-electron chi connectivity index (χ0n) is 9.15. The molecule has 15 heavy (non-hydrogen) atoms. The number of rotatable bonds is 5. The SMILES string of the molecule is CCC(NCC1CC(O)C1)c1ccco1. The van der Waals surface area contributed by atoms with Gasteiger partial charge in [0.25, 0.3) is 0 Å². The van der Waals surface area contributed by atoms with E-state index in [1.165, 1.54) is 0 Å². The summed E-state index contributed by atoms with van der Waals surface area (Å²) in [6.07, 6.45) is 4.58. The Balaban J connectivity index is 1.77. The summed E-state index contributed by atoms with van der Waals surface area (Å²) in [5.74, 6) is 1.65. The van der Waals surface area contributed by atoms with Gasteiger partial charge in [-0.3, -0.25) is 0 Å². The van der Waals surface area contributed by atoms with Crippen LogP contribution < -0.4 is 5.32 Å². The lowest BCUT2D eigenvalue weighted by Gasteiger charge is -2.32. The average Bonchev–Trinajstić information content (AvgIpc) is 2.69. The Morgan fingerprint density at radius 3 is 2.93 bits per heavy atom. The van der Waals surface area contributed by atoms with E-state index in [4.69, 9.17) is 4.42 Å². The number of hydrogen-bond acceptors (Lipinski definition) is 3. The van der Waals surface area contributed by atoms with Crippen molar-refractivity contribution in [1.82, 2.24) is 5.32 Å². The molecule has 0 aliphatic heterocycles. The Hall–Kier alpha value is -0.800. The highest BCUT2D eigenvalue weighted by molar-refractivity contribution is 5.04. The third kappa shape index (κ3) is 2.61. The normalized spacial score (nSPS) is 27.3. The third-order valence-corrected chi connectivity index (χ3v) is 3.16. The fraction of sp³-hybridized carbons (Fsp3) is 0.667. The highest BCUT2D eigenvalue weighted by atomic mass is 16.3. The maximum Gasteiger partial charge on any atom is 0.120 e. The first-order chi connectivity index (χ1) is 7.29. The zero-order valence-corrected chi connectivity index (χ0v) is 9.15. The van der Waals surface area contributed by atoms with Gasteiger partial charge in [0.2, 0.25) is 0 Å². The number of aliphatic hydroxyl groups is 1. The summed E-state index contributed by atoms with van der Waals surface area (Å²) < 4.78 is 5.38. The molecule has 0 aromatic carbocycles. The van der Waals surface area contributed by atoms with Gasteiger partial charge in [0, 0.05) is 0 Å². The van der Waals surface area contributed by atoms with Crippen LogP contribution in [-0.2, 0) is 0 Å². The molecule has 1 aliphatic rings. The van der Waals surface area contributed by atoms with Gasteiger partial charge >= 0.3 is 0 Å². The van der Waals surface area contributed by atoms with Gasteiger partial charge in [0.15, 0.2) is 0 Å². The van der Waals surface area contributed by atoms with Crippen LogP contribution in [0, 0.1) is 5.92 Å². The summed E-state index contributed by atoms with van der Waals surface area (Å²) in [4.78, 5) is 0. The van der Waals surface area contributed by atoms with E-state index in [1.807, 2.05) is 12.1 Å². The number of aliphatic hydroxyl groups excluding tert-OH is 1. The van der Waals surface area contributed by atoms with Crippen molar-refractivity contribution < 1.29 is 9.52 Å². The second-order valence-electron chi connectivity index (χ2n) is 4.38. The lowest BCUT2D eigenvalue weighted by atomic mass is 9.82. The average molecular weight is 209 g/mol. The standard InChI is InChI=1S/C12H19NO2/c1-2-11(12-4-3-5-15-12)13-8-9-6-10(14)7-9/h3-5,9-11,13-14H,2,6-8H2,1H3. The van der Waals surface area contributed by atoms with Gasteiger partial charge in [-0.05, 0) is 43.9 Å². The van der Waals surface area contributed by atoms with Gasteiger partial charge in [-0.25, -0.2) is 0 Å². The molecule has 1 aromatic heterocycles. The molecular weight excluding hydrogens is 190 g/mol. The van der Waals surface area contributed by atoms with Gasteiger partial charge in [-0.1, -0.05) is 6.92 Å². The van der Waals surface area contributed by atoms with Crippen LogP contribution in [0.1, 0.15) is 38.0 Å². The van der Waals surface area contributed by atoms with Crippen molar-refractivity contribution in [3.63, 3.8) is 0 Å². The molecule has 0 bridgehead atoms. The molecule has 0 saturated heterocycles. The van der Waals surface area contributed by atoms with Gasteiger partial charge < -0.3 is 14.8 Å². The molecule has 1 aliphatic carbocycles. The molecule has 2 rings (SSSR count). The van der Waals surface area contributed by atoms with E-state index in [2.05, 4.69) is 12.2 Å². The summed E-state index contributed by atoms with van der Waals surface area (Å²) in [5, 5.41) is 12.7. The summed E-state index contributed by atoms with van der Waals surface area (Å²) >= 11 is 0.